The normalized spacial score (nSPS) is 9.92. The van der Waals surface area contributed by atoms with E-state index >= 15 is 0 Å². The number of rotatable bonds is 4. The Morgan fingerprint density at radius 2 is 2.54 bits per heavy atom. The van der Waals surface area contributed by atoms with Gasteiger partial charge in [-0.25, -0.2) is 0 Å². The Bertz CT molecular complexity index is 335. The molecule has 0 N–H and O–H groups in total. The van der Waals surface area contributed by atoms with E-state index < -0.39 is 10.9 Å². The molecule has 0 unspecified atom stereocenters. The number of aromatic nitrogens is 3. The van der Waals surface area contributed by atoms with Crippen molar-refractivity contribution in [2.45, 2.75) is 6.54 Å². The van der Waals surface area contributed by atoms with Crippen molar-refractivity contribution < 1.29 is 4.92 Å². The summed E-state index contributed by atoms with van der Waals surface area (Å²) in [5.74, 6) is 0.125. The van der Waals surface area contributed by atoms with Crippen molar-refractivity contribution in [2.75, 3.05) is 5.75 Å². The average Bonchev–Trinajstić information content (AvgIpc) is 2.52. The second-order valence-electron chi connectivity index (χ2n) is 2.41. The Hall–Kier alpha value is -1.37. The molecule has 0 saturated carbocycles. The van der Waals surface area contributed by atoms with Crippen molar-refractivity contribution in [1.29, 1.82) is 0 Å². The Morgan fingerprint density at radius 1 is 1.85 bits per heavy atom. The largest absolute Gasteiger partial charge is 0.490 e. The summed E-state index contributed by atoms with van der Waals surface area (Å²) in [6.07, 6.45) is 1.30. The van der Waals surface area contributed by atoms with Gasteiger partial charge < -0.3 is 10.1 Å². The van der Waals surface area contributed by atoms with Gasteiger partial charge >= 0.3 is 5.95 Å². The molecule has 0 amide bonds. The fraction of sp³-hybridized carbons (Fsp3) is 0.333. The van der Waals surface area contributed by atoms with Crippen LogP contribution in [-0.4, -0.2) is 25.4 Å². The predicted octanol–water partition coefficient (Wildman–Crippen LogP) is 0.672. The van der Waals surface area contributed by atoms with E-state index in [9.17, 15) is 10.1 Å². The topological polar surface area (TPSA) is 73.8 Å². The third kappa shape index (κ3) is 2.55. The first-order valence-electron chi connectivity index (χ1n) is 3.45. The maximum absolute atomic E-state index is 10.2. The number of hydrogen-bond acceptors (Lipinski definition) is 5. The Kier molecular flexibility index (Phi) is 3.02. The number of thiol groups is 1. The molecule has 1 rings (SSSR count). The molecule has 1 aromatic rings. The summed E-state index contributed by atoms with van der Waals surface area (Å²) in [5, 5.41) is 13.8. The van der Waals surface area contributed by atoms with Gasteiger partial charge in [-0.2, -0.15) is 17.3 Å². The van der Waals surface area contributed by atoms with Crippen LogP contribution in [0.4, 0.5) is 5.95 Å². The minimum Gasteiger partial charge on any atom is -0.390 e. The van der Waals surface area contributed by atoms with Crippen molar-refractivity contribution in [3.63, 3.8) is 0 Å². The average molecular weight is 200 g/mol. The van der Waals surface area contributed by atoms with Crippen LogP contribution in [0, 0.1) is 10.1 Å². The number of nitro groups is 1. The predicted molar refractivity (Wildman–Crippen MR) is 49.7 cm³/mol. The molecular formula is C6H8N4O2S. The molecule has 0 radical (unpaired) electrons. The van der Waals surface area contributed by atoms with Crippen LogP contribution in [0.5, 0.6) is 0 Å². The fourth-order valence-electron chi connectivity index (χ4n) is 0.724. The highest BCUT2D eigenvalue weighted by Gasteiger charge is 2.12. The SMILES string of the molecule is C=C(CS)Cn1cnc([N+](=O)[O-])n1. The second kappa shape index (κ2) is 4.04. The molecule has 6 nitrogen and oxygen atoms in total. The lowest BCUT2D eigenvalue weighted by molar-refractivity contribution is -0.394. The highest BCUT2D eigenvalue weighted by molar-refractivity contribution is 7.80. The lowest BCUT2D eigenvalue weighted by Gasteiger charge is -1.96. The summed E-state index contributed by atoms with van der Waals surface area (Å²) in [6.45, 7) is 4.09. The highest BCUT2D eigenvalue weighted by Crippen LogP contribution is 2.02. The van der Waals surface area contributed by atoms with Crippen LogP contribution < -0.4 is 0 Å². The zero-order valence-corrected chi connectivity index (χ0v) is 7.65. The minimum absolute atomic E-state index is 0.396. The van der Waals surface area contributed by atoms with Gasteiger partial charge in [0, 0.05) is 10.9 Å². The second-order valence-corrected chi connectivity index (χ2v) is 2.72. The molecular weight excluding hydrogens is 192 g/mol. The molecule has 0 aliphatic rings. The van der Waals surface area contributed by atoms with Crippen LogP contribution >= 0.6 is 12.6 Å². The summed E-state index contributed by atoms with van der Waals surface area (Å²) in [7, 11) is 0. The lowest BCUT2D eigenvalue weighted by atomic mass is 10.3. The summed E-state index contributed by atoms with van der Waals surface area (Å²) < 4.78 is 1.36. The quantitative estimate of drug-likeness (QED) is 0.335. The van der Waals surface area contributed by atoms with Crippen molar-refractivity contribution in [2.24, 2.45) is 0 Å². The van der Waals surface area contributed by atoms with Gasteiger partial charge in [0.1, 0.15) is 0 Å². The molecule has 0 aromatic carbocycles. The van der Waals surface area contributed by atoms with Crippen LogP contribution in [0.1, 0.15) is 0 Å². The Labute approximate surface area is 79.8 Å². The van der Waals surface area contributed by atoms with E-state index in [0.29, 0.717) is 12.3 Å². The van der Waals surface area contributed by atoms with Crippen molar-refractivity contribution >= 4 is 18.6 Å². The van der Waals surface area contributed by atoms with Crippen LogP contribution in [0.2, 0.25) is 0 Å². The molecule has 7 heteroatoms. The zero-order chi connectivity index (χ0) is 9.84. The monoisotopic (exact) mass is 200 g/mol. The van der Waals surface area contributed by atoms with Gasteiger partial charge in [0.15, 0.2) is 0 Å². The van der Waals surface area contributed by atoms with Crippen LogP contribution in [0.15, 0.2) is 18.5 Å². The third-order valence-corrected chi connectivity index (χ3v) is 1.74. The van der Waals surface area contributed by atoms with Crippen molar-refractivity contribution in [3.05, 3.63) is 28.6 Å². The van der Waals surface area contributed by atoms with Gasteiger partial charge in [-0.05, 0) is 10.5 Å². The van der Waals surface area contributed by atoms with Gasteiger partial charge in [0.25, 0.3) is 0 Å². The van der Waals surface area contributed by atoms with Crippen LogP contribution in [0.25, 0.3) is 0 Å². The first kappa shape index (κ1) is 9.72. The maximum Gasteiger partial charge on any atom is 0.490 e. The molecule has 0 aliphatic heterocycles. The fourth-order valence-corrected chi connectivity index (χ4v) is 0.824. The first-order chi connectivity index (χ1) is 6.13. The third-order valence-electron chi connectivity index (χ3n) is 1.30. The van der Waals surface area contributed by atoms with E-state index in [1.165, 1.54) is 11.0 Å². The van der Waals surface area contributed by atoms with Gasteiger partial charge in [0.05, 0.1) is 6.54 Å². The van der Waals surface area contributed by atoms with Gasteiger partial charge in [0.2, 0.25) is 6.33 Å². The van der Waals surface area contributed by atoms with Gasteiger partial charge in [-0.3, -0.25) is 0 Å². The summed E-state index contributed by atoms with van der Waals surface area (Å²) in [5.41, 5.74) is 0.822. The standard InChI is InChI=1S/C6H8N4O2S/c1-5(3-13)2-9-4-7-6(8-9)10(11)12/h4,13H,1-3H2. The molecule has 0 spiro atoms. The molecule has 0 fully saturated rings. The Balaban J connectivity index is 2.69. The van der Waals surface area contributed by atoms with E-state index in [4.69, 9.17) is 0 Å². The molecule has 13 heavy (non-hydrogen) atoms. The molecule has 0 saturated heterocycles. The van der Waals surface area contributed by atoms with Crippen molar-refractivity contribution in [1.82, 2.24) is 14.8 Å². The molecule has 0 aliphatic carbocycles. The van der Waals surface area contributed by atoms with E-state index in [1.54, 1.807) is 0 Å². The van der Waals surface area contributed by atoms with E-state index in [1.807, 2.05) is 0 Å². The number of hydrogen-bond donors (Lipinski definition) is 1. The van der Waals surface area contributed by atoms with Crippen molar-refractivity contribution in [3.8, 4) is 0 Å². The first-order valence-corrected chi connectivity index (χ1v) is 4.08. The zero-order valence-electron chi connectivity index (χ0n) is 6.75. The summed E-state index contributed by atoms with van der Waals surface area (Å²) in [4.78, 5) is 13.1. The highest BCUT2D eigenvalue weighted by atomic mass is 32.1. The van der Waals surface area contributed by atoms with E-state index in [0.717, 1.165) is 5.57 Å². The van der Waals surface area contributed by atoms with E-state index in [-0.39, 0.29) is 0 Å². The summed E-state index contributed by atoms with van der Waals surface area (Å²) >= 11 is 4.00. The molecule has 70 valence electrons. The lowest BCUT2D eigenvalue weighted by Crippen LogP contribution is -2.02. The van der Waals surface area contributed by atoms with Gasteiger partial charge in [-0.1, -0.05) is 11.6 Å². The molecule has 0 bridgehead atoms. The minimum atomic E-state index is -0.639. The number of nitrogens with zero attached hydrogens (tertiary/aromatic N) is 4. The maximum atomic E-state index is 10.2. The molecule has 0 atom stereocenters. The molecule has 1 heterocycles. The molecule has 1 aromatic heterocycles. The van der Waals surface area contributed by atoms with Gasteiger partial charge in [-0.15, -0.1) is 0 Å². The van der Waals surface area contributed by atoms with E-state index in [2.05, 4.69) is 29.3 Å². The smallest absolute Gasteiger partial charge is 0.390 e. The van der Waals surface area contributed by atoms with Crippen LogP contribution in [0.3, 0.4) is 0 Å². The Morgan fingerprint density at radius 3 is 3.00 bits per heavy atom. The summed E-state index contributed by atoms with van der Waals surface area (Å²) in [6, 6.07) is 0. The van der Waals surface area contributed by atoms with Crippen LogP contribution in [-0.2, 0) is 6.54 Å².